The van der Waals surface area contributed by atoms with E-state index in [2.05, 4.69) is 33.1 Å². The van der Waals surface area contributed by atoms with Gasteiger partial charge in [-0.1, -0.05) is 29.4 Å². The van der Waals surface area contributed by atoms with Crippen molar-refractivity contribution >= 4 is 5.91 Å². The summed E-state index contributed by atoms with van der Waals surface area (Å²) in [6, 6.07) is 0. The van der Waals surface area contributed by atoms with Crippen LogP contribution < -0.4 is 0 Å². The summed E-state index contributed by atoms with van der Waals surface area (Å²) in [7, 11) is 0. The predicted molar refractivity (Wildman–Crippen MR) is 79.4 cm³/mol. The molecule has 0 unspecified atom stereocenters. The van der Waals surface area contributed by atoms with Gasteiger partial charge in [0.15, 0.2) is 0 Å². The SMILES string of the molecule is C=CCN(CC=C)C(=O)C=C(C)CCC=C(C)C. The molecule has 0 aliphatic heterocycles. The van der Waals surface area contributed by atoms with Crippen molar-refractivity contribution in [2.75, 3.05) is 13.1 Å². The molecule has 0 N–H and O–H groups in total. The van der Waals surface area contributed by atoms with Crippen LogP contribution in [0.5, 0.6) is 0 Å². The van der Waals surface area contributed by atoms with E-state index in [1.807, 2.05) is 6.92 Å². The summed E-state index contributed by atoms with van der Waals surface area (Å²) in [5.74, 6) is 0.0319. The lowest BCUT2D eigenvalue weighted by Gasteiger charge is -2.17. The first-order valence-corrected chi connectivity index (χ1v) is 6.32. The van der Waals surface area contributed by atoms with Crippen molar-refractivity contribution < 1.29 is 4.79 Å². The highest BCUT2D eigenvalue weighted by molar-refractivity contribution is 5.88. The average molecular weight is 247 g/mol. The third-order valence-electron chi connectivity index (χ3n) is 2.47. The van der Waals surface area contributed by atoms with E-state index >= 15 is 0 Å². The largest absolute Gasteiger partial charge is 0.332 e. The number of amides is 1. The summed E-state index contributed by atoms with van der Waals surface area (Å²) in [6.45, 7) is 14.6. The van der Waals surface area contributed by atoms with Gasteiger partial charge in [0.25, 0.3) is 0 Å². The van der Waals surface area contributed by atoms with E-state index in [1.165, 1.54) is 5.57 Å². The average Bonchev–Trinajstić information content (AvgIpc) is 2.28. The van der Waals surface area contributed by atoms with Crippen molar-refractivity contribution in [3.63, 3.8) is 0 Å². The molecule has 0 saturated heterocycles. The molecule has 2 heteroatoms. The van der Waals surface area contributed by atoms with Gasteiger partial charge in [-0.05, 0) is 33.6 Å². The van der Waals surface area contributed by atoms with E-state index in [1.54, 1.807) is 23.1 Å². The molecule has 0 aliphatic carbocycles. The third kappa shape index (κ3) is 7.66. The summed E-state index contributed by atoms with van der Waals surface area (Å²) in [6.07, 6.45) is 9.27. The molecule has 0 heterocycles. The fraction of sp³-hybridized carbons (Fsp3) is 0.438. The number of carbonyl (C=O) groups is 1. The smallest absolute Gasteiger partial charge is 0.247 e. The number of carbonyl (C=O) groups excluding carboxylic acids is 1. The Bertz CT molecular complexity index is 336. The normalized spacial score (nSPS) is 10.7. The van der Waals surface area contributed by atoms with Crippen molar-refractivity contribution in [1.29, 1.82) is 0 Å². The number of hydrogen-bond acceptors (Lipinski definition) is 1. The highest BCUT2D eigenvalue weighted by Gasteiger charge is 2.07. The molecule has 0 atom stereocenters. The first-order valence-electron chi connectivity index (χ1n) is 6.32. The topological polar surface area (TPSA) is 20.3 Å². The van der Waals surface area contributed by atoms with Gasteiger partial charge in [0.1, 0.15) is 0 Å². The molecule has 2 nitrogen and oxygen atoms in total. The minimum atomic E-state index is 0.0319. The van der Waals surface area contributed by atoms with Crippen LogP contribution in [0.1, 0.15) is 33.6 Å². The van der Waals surface area contributed by atoms with E-state index in [0.717, 1.165) is 18.4 Å². The lowest BCUT2D eigenvalue weighted by atomic mass is 10.1. The second kappa shape index (κ2) is 9.46. The first-order chi connectivity index (χ1) is 8.51. The molecule has 0 aromatic heterocycles. The van der Waals surface area contributed by atoms with Crippen LogP contribution in [-0.2, 0) is 4.79 Å². The monoisotopic (exact) mass is 247 g/mol. The fourth-order valence-electron chi connectivity index (χ4n) is 1.53. The first kappa shape index (κ1) is 16.4. The Kier molecular flexibility index (Phi) is 8.63. The summed E-state index contributed by atoms with van der Waals surface area (Å²) in [4.78, 5) is 13.7. The van der Waals surface area contributed by atoms with Gasteiger partial charge in [0.05, 0.1) is 0 Å². The third-order valence-corrected chi connectivity index (χ3v) is 2.47. The molecule has 0 fully saturated rings. The van der Waals surface area contributed by atoms with Crippen LogP contribution in [0.3, 0.4) is 0 Å². The van der Waals surface area contributed by atoms with E-state index in [-0.39, 0.29) is 5.91 Å². The maximum Gasteiger partial charge on any atom is 0.247 e. The van der Waals surface area contributed by atoms with Crippen molar-refractivity contribution in [2.24, 2.45) is 0 Å². The fourth-order valence-corrected chi connectivity index (χ4v) is 1.53. The summed E-state index contributed by atoms with van der Waals surface area (Å²) in [5, 5.41) is 0. The van der Waals surface area contributed by atoms with Crippen molar-refractivity contribution in [3.8, 4) is 0 Å². The molecule has 0 aromatic rings. The second-order valence-corrected chi connectivity index (χ2v) is 4.63. The Morgan fingerprint density at radius 2 is 1.67 bits per heavy atom. The maximum absolute atomic E-state index is 12.0. The summed E-state index contributed by atoms with van der Waals surface area (Å²) >= 11 is 0. The molecular weight excluding hydrogens is 222 g/mol. The Balaban J connectivity index is 4.42. The van der Waals surface area contributed by atoms with Crippen LogP contribution in [0.15, 0.2) is 48.6 Å². The molecule has 1 amide bonds. The molecular formula is C16H25NO. The van der Waals surface area contributed by atoms with Gasteiger partial charge in [0.2, 0.25) is 5.91 Å². The molecule has 18 heavy (non-hydrogen) atoms. The molecule has 0 radical (unpaired) electrons. The summed E-state index contributed by atoms with van der Waals surface area (Å²) in [5.41, 5.74) is 2.42. The molecule has 0 saturated carbocycles. The zero-order valence-corrected chi connectivity index (χ0v) is 11.9. The van der Waals surface area contributed by atoms with Crippen LogP contribution >= 0.6 is 0 Å². The van der Waals surface area contributed by atoms with Crippen LogP contribution in [0, 0.1) is 0 Å². The number of allylic oxidation sites excluding steroid dienone is 3. The van der Waals surface area contributed by atoms with Gasteiger partial charge in [-0.25, -0.2) is 0 Å². The van der Waals surface area contributed by atoms with Crippen LogP contribution in [0.2, 0.25) is 0 Å². The van der Waals surface area contributed by atoms with E-state index in [0.29, 0.717) is 13.1 Å². The van der Waals surface area contributed by atoms with Gasteiger partial charge in [0, 0.05) is 19.2 Å². The van der Waals surface area contributed by atoms with Gasteiger partial charge in [-0.2, -0.15) is 0 Å². The van der Waals surface area contributed by atoms with Crippen LogP contribution in [-0.4, -0.2) is 23.9 Å². The van der Waals surface area contributed by atoms with E-state index in [4.69, 9.17) is 0 Å². The summed E-state index contributed by atoms with van der Waals surface area (Å²) < 4.78 is 0. The Morgan fingerprint density at radius 3 is 2.11 bits per heavy atom. The number of hydrogen-bond donors (Lipinski definition) is 0. The molecule has 100 valence electrons. The van der Waals surface area contributed by atoms with Gasteiger partial charge in [-0.3, -0.25) is 4.79 Å². The van der Waals surface area contributed by atoms with E-state index in [9.17, 15) is 4.79 Å². The molecule has 0 aromatic carbocycles. The van der Waals surface area contributed by atoms with Gasteiger partial charge < -0.3 is 4.90 Å². The quantitative estimate of drug-likeness (QED) is 0.471. The highest BCUT2D eigenvalue weighted by atomic mass is 16.2. The minimum absolute atomic E-state index is 0.0319. The van der Waals surface area contributed by atoms with E-state index < -0.39 is 0 Å². The van der Waals surface area contributed by atoms with Crippen LogP contribution in [0.4, 0.5) is 0 Å². The Morgan fingerprint density at radius 1 is 1.11 bits per heavy atom. The van der Waals surface area contributed by atoms with Gasteiger partial charge in [-0.15, -0.1) is 13.2 Å². The zero-order chi connectivity index (χ0) is 14.0. The Hall–Kier alpha value is -1.57. The van der Waals surface area contributed by atoms with Crippen molar-refractivity contribution in [2.45, 2.75) is 33.6 Å². The van der Waals surface area contributed by atoms with Crippen LogP contribution in [0.25, 0.3) is 0 Å². The van der Waals surface area contributed by atoms with Gasteiger partial charge >= 0.3 is 0 Å². The molecule has 0 rings (SSSR count). The second-order valence-electron chi connectivity index (χ2n) is 4.63. The molecule has 0 spiro atoms. The zero-order valence-electron chi connectivity index (χ0n) is 11.9. The van der Waals surface area contributed by atoms with Crippen molar-refractivity contribution in [1.82, 2.24) is 4.90 Å². The van der Waals surface area contributed by atoms with Crippen molar-refractivity contribution in [3.05, 3.63) is 48.6 Å². The predicted octanol–water partition coefficient (Wildman–Crippen LogP) is 3.88. The highest BCUT2D eigenvalue weighted by Crippen LogP contribution is 2.07. The lowest BCUT2D eigenvalue weighted by molar-refractivity contribution is -0.125. The Labute approximate surface area is 111 Å². The number of rotatable bonds is 8. The standard InChI is InChI=1S/C16H25NO/c1-6-11-17(12-7-2)16(18)13-15(5)10-8-9-14(3)4/h6-7,9,13H,1-2,8,10-12H2,3-5H3. The minimum Gasteiger partial charge on any atom is -0.332 e. The lowest BCUT2D eigenvalue weighted by Crippen LogP contribution is -2.29. The molecule has 0 bridgehead atoms. The molecule has 0 aliphatic rings. The number of nitrogens with zero attached hydrogens (tertiary/aromatic N) is 1. The maximum atomic E-state index is 12.0.